The van der Waals surface area contributed by atoms with E-state index in [1.54, 1.807) is 14.0 Å². The van der Waals surface area contributed by atoms with Gasteiger partial charge in [-0.05, 0) is 54.0 Å². The summed E-state index contributed by atoms with van der Waals surface area (Å²) in [5.41, 5.74) is 4.26. The highest BCUT2D eigenvalue weighted by molar-refractivity contribution is 5.96. The van der Waals surface area contributed by atoms with Crippen molar-refractivity contribution in [3.05, 3.63) is 53.6 Å². The average molecular weight is 366 g/mol. The Morgan fingerprint density at radius 3 is 2.81 bits per heavy atom. The molecule has 7 heteroatoms. The molecule has 1 aliphatic heterocycles. The Balaban J connectivity index is 2.04. The molecule has 0 bridgehead atoms. The van der Waals surface area contributed by atoms with Gasteiger partial charge in [-0.1, -0.05) is 23.4 Å². The third kappa shape index (κ3) is 4.25. The lowest BCUT2D eigenvalue weighted by atomic mass is 10.0. The largest absolute Gasteiger partial charge is 0.497 e. The molecule has 2 aromatic rings. The van der Waals surface area contributed by atoms with Crippen LogP contribution in [0.25, 0.3) is 17.2 Å². The molecule has 0 saturated heterocycles. The maximum Gasteiger partial charge on any atom is 0.334 e. The van der Waals surface area contributed by atoms with Crippen LogP contribution in [0, 0.1) is 0 Å². The maximum atomic E-state index is 12.3. The van der Waals surface area contributed by atoms with Gasteiger partial charge in [0.25, 0.3) is 0 Å². The average Bonchev–Trinajstić information content (AvgIpc) is 2.87. The number of esters is 1. The van der Waals surface area contributed by atoms with Crippen LogP contribution in [-0.4, -0.2) is 25.9 Å². The third-order valence-corrected chi connectivity index (χ3v) is 4.26. The molecule has 27 heavy (non-hydrogen) atoms. The number of carbonyl (C=O) groups is 1. The van der Waals surface area contributed by atoms with E-state index in [0.717, 1.165) is 28.1 Å². The van der Waals surface area contributed by atoms with E-state index in [-0.39, 0.29) is 5.97 Å². The van der Waals surface area contributed by atoms with Gasteiger partial charge < -0.3 is 20.6 Å². The predicted molar refractivity (Wildman–Crippen MR) is 104 cm³/mol. The van der Waals surface area contributed by atoms with Crippen LogP contribution >= 0.6 is 0 Å². The maximum absolute atomic E-state index is 12.3. The van der Waals surface area contributed by atoms with Crippen LogP contribution in [0.4, 0.5) is 5.69 Å². The number of methoxy groups -OCH3 is 1. The molecule has 0 amide bonds. The monoisotopic (exact) mass is 366 g/mol. The number of hydrogen-bond donors (Lipinski definition) is 2. The molecule has 2 aromatic carbocycles. The number of nitrogens with zero attached hydrogens (tertiary/aromatic N) is 2. The van der Waals surface area contributed by atoms with Gasteiger partial charge in [0.1, 0.15) is 11.9 Å². The van der Waals surface area contributed by atoms with Gasteiger partial charge in [0, 0.05) is 17.7 Å². The number of benzene rings is 2. The van der Waals surface area contributed by atoms with Crippen LogP contribution in [0.1, 0.15) is 18.9 Å². The number of hydrogen-bond acceptors (Lipinski definition) is 6. The summed E-state index contributed by atoms with van der Waals surface area (Å²) in [6, 6.07) is 13.8. The Bertz CT molecular complexity index is 893. The first kappa shape index (κ1) is 18.4. The van der Waals surface area contributed by atoms with Crippen LogP contribution in [0.2, 0.25) is 0 Å². The van der Waals surface area contributed by atoms with Crippen molar-refractivity contribution in [1.82, 2.24) is 0 Å². The Labute approximate surface area is 157 Å². The van der Waals surface area contributed by atoms with Crippen LogP contribution in [-0.2, 0) is 9.53 Å². The zero-order chi connectivity index (χ0) is 19.2. The van der Waals surface area contributed by atoms with Crippen molar-refractivity contribution in [2.75, 3.05) is 19.0 Å². The van der Waals surface area contributed by atoms with Crippen molar-refractivity contribution in [2.24, 2.45) is 16.2 Å². The second kappa shape index (κ2) is 8.35. The molecule has 140 valence electrons. The van der Waals surface area contributed by atoms with Gasteiger partial charge in [0.2, 0.25) is 0 Å². The number of nitrogens with one attached hydrogen (secondary N) is 1. The molecule has 0 spiro atoms. The number of carbonyl (C=O) groups excluding carboxylic acids is 1. The van der Waals surface area contributed by atoms with E-state index in [2.05, 4.69) is 15.7 Å². The molecule has 0 aromatic heterocycles. The van der Waals surface area contributed by atoms with E-state index in [4.69, 9.17) is 15.3 Å². The number of anilines is 1. The van der Waals surface area contributed by atoms with Gasteiger partial charge in [-0.15, -0.1) is 5.11 Å². The number of nitrogens with two attached hydrogens (primary N) is 1. The van der Waals surface area contributed by atoms with E-state index in [0.29, 0.717) is 18.6 Å². The first-order valence-electron chi connectivity index (χ1n) is 8.67. The number of rotatable bonds is 5. The molecule has 1 heterocycles. The van der Waals surface area contributed by atoms with Crippen molar-refractivity contribution < 1.29 is 14.3 Å². The van der Waals surface area contributed by atoms with Crippen LogP contribution in [0.15, 0.2) is 58.4 Å². The van der Waals surface area contributed by atoms with E-state index in [1.807, 2.05) is 48.5 Å². The summed E-state index contributed by atoms with van der Waals surface area (Å²) in [5, 5.41) is 10.6. The number of ether oxygens (including phenoxy) is 2. The van der Waals surface area contributed by atoms with Crippen molar-refractivity contribution >= 4 is 17.7 Å². The molecule has 1 unspecified atom stereocenters. The molecular weight excluding hydrogens is 344 g/mol. The quantitative estimate of drug-likeness (QED) is 0.363. The first-order valence-corrected chi connectivity index (χ1v) is 8.67. The highest BCUT2D eigenvalue weighted by Crippen LogP contribution is 2.32. The second-order valence-corrected chi connectivity index (χ2v) is 6.02. The molecule has 3 rings (SSSR count). The van der Waals surface area contributed by atoms with Gasteiger partial charge in [-0.2, -0.15) is 0 Å². The highest BCUT2D eigenvalue weighted by atomic mass is 16.5. The summed E-state index contributed by atoms with van der Waals surface area (Å²) in [4.78, 5) is 12.3. The molecule has 0 radical (unpaired) electrons. The normalized spacial score (nSPS) is 16.1. The Kier molecular flexibility index (Phi) is 5.71. The summed E-state index contributed by atoms with van der Waals surface area (Å²) in [6.07, 6.45) is 1.73. The number of fused-ring (bicyclic) bond motifs is 1. The van der Waals surface area contributed by atoms with Crippen LogP contribution < -0.4 is 15.9 Å². The van der Waals surface area contributed by atoms with Gasteiger partial charge in [0.05, 0.1) is 13.7 Å². The Hall–Kier alpha value is -3.35. The van der Waals surface area contributed by atoms with E-state index in [1.165, 1.54) is 0 Å². The molecule has 0 fully saturated rings. The lowest BCUT2D eigenvalue weighted by molar-refractivity contribution is -0.138. The van der Waals surface area contributed by atoms with E-state index < -0.39 is 6.17 Å². The van der Waals surface area contributed by atoms with Crippen molar-refractivity contribution in [3.8, 4) is 16.9 Å². The van der Waals surface area contributed by atoms with Crippen LogP contribution in [0.3, 0.4) is 0 Å². The highest BCUT2D eigenvalue weighted by Gasteiger charge is 2.22. The fourth-order valence-electron chi connectivity index (χ4n) is 3.00. The fraction of sp³-hybridized carbons (Fsp3) is 0.250. The zero-order valence-electron chi connectivity index (χ0n) is 15.3. The minimum Gasteiger partial charge on any atom is -0.497 e. The van der Waals surface area contributed by atoms with E-state index >= 15 is 0 Å². The Morgan fingerprint density at radius 2 is 2.07 bits per heavy atom. The second-order valence-electron chi connectivity index (χ2n) is 6.02. The van der Waals surface area contributed by atoms with Crippen molar-refractivity contribution in [1.29, 1.82) is 0 Å². The first-order chi connectivity index (χ1) is 13.1. The minimum absolute atomic E-state index is 0.309. The summed E-state index contributed by atoms with van der Waals surface area (Å²) >= 11 is 0. The molecule has 1 aliphatic rings. The molecule has 0 saturated carbocycles. The lowest BCUT2D eigenvalue weighted by Gasteiger charge is -2.14. The summed E-state index contributed by atoms with van der Waals surface area (Å²) in [7, 11) is 1.64. The SMILES string of the molecule is CCOC(=O)C1=Cc2cc(-c3cccc(OC)c3)ccc2NC(N=NN)C1. The third-order valence-electron chi connectivity index (χ3n) is 4.26. The van der Waals surface area contributed by atoms with Crippen molar-refractivity contribution in [2.45, 2.75) is 19.5 Å². The molecular formula is C20H22N4O3. The topological polar surface area (TPSA) is 98.3 Å². The summed E-state index contributed by atoms with van der Waals surface area (Å²) < 4.78 is 10.5. The van der Waals surface area contributed by atoms with E-state index in [9.17, 15) is 4.79 Å². The predicted octanol–water partition coefficient (Wildman–Crippen LogP) is 3.78. The summed E-state index contributed by atoms with van der Waals surface area (Å²) in [6.45, 7) is 2.09. The molecule has 3 N–H and O–H groups in total. The molecule has 0 aliphatic carbocycles. The molecule has 1 atom stereocenters. The summed E-state index contributed by atoms with van der Waals surface area (Å²) in [5.74, 6) is 5.63. The van der Waals surface area contributed by atoms with Gasteiger partial charge in [-0.25, -0.2) is 4.79 Å². The van der Waals surface area contributed by atoms with Gasteiger partial charge >= 0.3 is 5.97 Å². The Morgan fingerprint density at radius 1 is 1.26 bits per heavy atom. The van der Waals surface area contributed by atoms with Gasteiger partial charge in [-0.3, -0.25) is 0 Å². The minimum atomic E-state index is -0.436. The lowest BCUT2D eigenvalue weighted by Crippen LogP contribution is -2.19. The fourth-order valence-corrected chi connectivity index (χ4v) is 3.00. The van der Waals surface area contributed by atoms with Crippen LogP contribution in [0.5, 0.6) is 5.75 Å². The molecule has 7 nitrogen and oxygen atoms in total. The van der Waals surface area contributed by atoms with Gasteiger partial charge in [0.15, 0.2) is 0 Å². The zero-order valence-corrected chi connectivity index (χ0v) is 15.3. The standard InChI is InChI=1S/C20H22N4O3/c1-3-27-20(25)16-10-15-9-14(13-5-4-6-17(11-13)26-2)7-8-18(15)22-19(12-16)23-24-21/h4-11,19,22H,3,12H2,1-2H3,(H2,21,23). The smallest absolute Gasteiger partial charge is 0.334 e. The van der Waals surface area contributed by atoms with Crippen molar-refractivity contribution in [3.63, 3.8) is 0 Å².